The summed E-state index contributed by atoms with van der Waals surface area (Å²) in [5.74, 6) is 2.26. The van der Waals surface area contributed by atoms with Gasteiger partial charge in [-0.1, -0.05) is 13.8 Å². The molecule has 2 saturated carbocycles. The van der Waals surface area contributed by atoms with E-state index in [4.69, 9.17) is 4.84 Å². The standard InChI is InChI=1S/C15H28N2O2/c1-11-5-13-6-12(2)8-15(7-11,9-13)16-14(18)10-19-17(3)4/h11-13H,5-10H2,1-4H3,(H,16,18). The molecule has 0 radical (unpaired) electrons. The number of rotatable bonds is 4. The maximum absolute atomic E-state index is 12.1. The zero-order valence-electron chi connectivity index (χ0n) is 12.7. The van der Waals surface area contributed by atoms with Crippen LogP contribution in [0.25, 0.3) is 0 Å². The van der Waals surface area contributed by atoms with Crippen LogP contribution in [0, 0.1) is 17.8 Å². The molecule has 2 aliphatic rings. The average Bonchev–Trinajstić information content (AvgIpc) is 2.23. The van der Waals surface area contributed by atoms with Crippen LogP contribution in [-0.2, 0) is 9.63 Å². The molecular weight excluding hydrogens is 240 g/mol. The maximum Gasteiger partial charge on any atom is 0.248 e. The van der Waals surface area contributed by atoms with Crippen LogP contribution in [0.1, 0.15) is 46.0 Å². The Kier molecular flexibility index (Phi) is 4.51. The lowest BCUT2D eigenvalue weighted by Crippen LogP contribution is -2.57. The van der Waals surface area contributed by atoms with Crippen molar-refractivity contribution in [3.8, 4) is 0 Å². The molecule has 2 aliphatic carbocycles. The lowest BCUT2D eigenvalue weighted by Gasteiger charge is -2.50. The zero-order valence-corrected chi connectivity index (χ0v) is 12.7. The minimum absolute atomic E-state index is 0.0238. The van der Waals surface area contributed by atoms with Gasteiger partial charge < -0.3 is 5.32 Å². The third kappa shape index (κ3) is 3.93. The van der Waals surface area contributed by atoms with Crippen LogP contribution in [-0.4, -0.2) is 37.2 Å². The first-order valence-corrected chi connectivity index (χ1v) is 7.50. The maximum atomic E-state index is 12.1. The number of hydroxylamine groups is 2. The van der Waals surface area contributed by atoms with E-state index in [0.717, 1.165) is 37.0 Å². The summed E-state index contributed by atoms with van der Waals surface area (Å²) >= 11 is 0. The Labute approximate surface area is 116 Å². The number of carbonyl (C=O) groups is 1. The van der Waals surface area contributed by atoms with Crippen LogP contribution in [0.4, 0.5) is 0 Å². The van der Waals surface area contributed by atoms with Crippen LogP contribution in [0.2, 0.25) is 0 Å². The molecule has 2 bridgehead atoms. The first-order valence-electron chi connectivity index (χ1n) is 7.50. The number of fused-ring (bicyclic) bond motifs is 2. The Morgan fingerprint density at radius 3 is 2.32 bits per heavy atom. The number of amides is 1. The van der Waals surface area contributed by atoms with Gasteiger partial charge >= 0.3 is 0 Å². The van der Waals surface area contributed by atoms with Crippen molar-refractivity contribution >= 4 is 5.91 Å². The van der Waals surface area contributed by atoms with Crippen molar-refractivity contribution in [3.05, 3.63) is 0 Å². The van der Waals surface area contributed by atoms with E-state index in [1.165, 1.54) is 12.8 Å². The van der Waals surface area contributed by atoms with Gasteiger partial charge in [-0.3, -0.25) is 9.63 Å². The van der Waals surface area contributed by atoms with Gasteiger partial charge in [-0.2, -0.15) is 5.06 Å². The van der Waals surface area contributed by atoms with Gasteiger partial charge in [-0.05, 0) is 49.9 Å². The van der Waals surface area contributed by atoms with Crippen molar-refractivity contribution in [2.24, 2.45) is 17.8 Å². The van der Waals surface area contributed by atoms with E-state index >= 15 is 0 Å². The summed E-state index contributed by atoms with van der Waals surface area (Å²) in [5.41, 5.74) is 0.0345. The molecule has 0 aliphatic heterocycles. The van der Waals surface area contributed by atoms with E-state index in [0.29, 0.717) is 0 Å². The lowest BCUT2D eigenvalue weighted by molar-refractivity contribution is -0.153. The molecule has 1 amide bonds. The van der Waals surface area contributed by atoms with E-state index < -0.39 is 0 Å². The predicted molar refractivity (Wildman–Crippen MR) is 75.4 cm³/mol. The van der Waals surface area contributed by atoms with E-state index in [9.17, 15) is 4.79 Å². The molecule has 2 rings (SSSR count). The molecule has 1 N–H and O–H groups in total. The van der Waals surface area contributed by atoms with Crippen LogP contribution in [0.3, 0.4) is 0 Å². The van der Waals surface area contributed by atoms with Gasteiger partial charge in [-0.15, -0.1) is 0 Å². The summed E-state index contributed by atoms with van der Waals surface area (Å²) in [6.45, 7) is 4.76. The molecule has 4 heteroatoms. The number of carbonyl (C=O) groups excluding carboxylic acids is 1. The molecule has 110 valence electrons. The quantitative estimate of drug-likeness (QED) is 0.795. The van der Waals surface area contributed by atoms with Crippen LogP contribution in [0.15, 0.2) is 0 Å². The zero-order chi connectivity index (χ0) is 14.0. The fourth-order valence-electron chi connectivity index (χ4n) is 4.38. The van der Waals surface area contributed by atoms with Gasteiger partial charge in [0, 0.05) is 19.6 Å². The normalized spacial score (nSPS) is 38.3. The van der Waals surface area contributed by atoms with Crippen molar-refractivity contribution in [1.29, 1.82) is 0 Å². The Morgan fingerprint density at radius 2 is 1.79 bits per heavy atom. The van der Waals surface area contributed by atoms with Gasteiger partial charge in [0.25, 0.3) is 0 Å². The summed E-state index contributed by atoms with van der Waals surface area (Å²) in [5, 5.41) is 4.87. The average molecular weight is 268 g/mol. The molecule has 0 aromatic carbocycles. The van der Waals surface area contributed by atoms with Crippen LogP contribution in [0.5, 0.6) is 0 Å². The highest BCUT2D eigenvalue weighted by Gasteiger charge is 2.44. The Hall–Kier alpha value is -0.610. The third-order valence-corrected chi connectivity index (χ3v) is 4.49. The van der Waals surface area contributed by atoms with E-state index in [2.05, 4.69) is 19.2 Å². The first kappa shape index (κ1) is 14.8. The van der Waals surface area contributed by atoms with Gasteiger partial charge in [-0.25, -0.2) is 0 Å². The van der Waals surface area contributed by atoms with Crippen molar-refractivity contribution in [2.45, 2.75) is 51.5 Å². The summed E-state index contributed by atoms with van der Waals surface area (Å²) in [4.78, 5) is 17.3. The number of nitrogens with one attached hydrogen (secondary N) is 1. The van der Waals surface area contributed by atoms with Crippen molar-refractivity contribution in [3.63, 3.8) is 0 Å². The fourth-order valence-corrected chi connectivity index (χ4v) is 4.38. The van der Waals surface area contributed by atoms with E-state index in [-0.39, 0.29) is 18.1 Å². The summed E-state index contributed by atoms with van der Waals surface area (Å²) in [7, 11) is 3.60. The number of hydrogen-bond acceptors (Lipinski definition) is 3. The molecule has 0 aromatic heterocycles. The monoisotopic (exact) mass is 268 g/mol. The minimum atomic E-state index is 0.0238. The largest absolute Gasteiger partial charge is 0.349 e. The molecule has 2 atom stereocenters. The summed E-state index contributed by atoms with van der Waals surface area (Å²) < 4.78 is 0. The molecule has 19 heavy (non-hydrogen) atoms. The second-order valence-corrected chi connectivity index (χ2v) is 7.07. The lowest BCUT2D eigenvalue weighted by atomic mass is 9.61. The Bertz CT molecular complexity index is 311. The van der Waals surface area contributed by atoms with Crippen LogP contribution >= 0.6 is 0 Å². The second-order valence-electron chi connectivity index (χ2n) is 7.07. The number of hydrogen-bond donors (Lipinski definition) is 1. The minimum Gasteiger partial charge on any atom is -0.349 e. The number of nitrogens with zero attached hydrogens (tertiary/aromatic N) is 1. The molecule has 2 unspecified atom stereocenters. The summed E-state index contributed by atoms with van der Waals surface area (Å²) in [6.07, 6.45) is 6.07. The van der Waals surface area contributed by atoms with Crippen LogP contribution < -0.4 is 5.32 Å². The predicted octanol–water partition coefficient (Wildman–Crippen LogP) is 2.20. The van der Waals surface area contributed by atoms with Gasteiger partial charge in [0.05, 0.1) is 0 Å². The Balaban J connectivity index is 1.97. The highest BCUT2D eigenvalue weighted by Crippen LogP contribution is 2.47. The molecule has 4 nitrogen and oxygen atoms in total. The third-order valence-electron chi connectivity index (χ3n) is 4.49. The highest BCUT2D eigenvalue weighted by molar-refractivity contribution is 5.78. The van der Waals surface area contributed by atoms with Crippen molar-refractivity contribution < 1.29 is 9.63 Å². The van der Waals surface area contributed by atoms with Gasteiger partial charge in [0.2, 0.25) is 5.91 Å². The Morgan fingerprint density at radius 1 is 1.21 bits per heavy atom. The van der Waals surface area contributed by atoms with Gasteiger partial charge in [0.1, 0.15) is 6.61 Å². The molecular formula is C15H28N2O2. The SMILES string of the molecule is CC1CC2CC(C)CC(NC(=O)CON(C)C)(C1)C2. The van der Waals surface area contributed by atoms with Gasteiger partial charge in [0.15, 0.2) is 0 Å². The summed E-state index contributed by atoms with van der Waals surface area (Å²) in [6, 6.07) is 0. The molecule has 0 saturated heterocycles. The van der Waals surface area contributed by atoms with E-state index in [1.54, 1.807) is 19.2 Å². The van der Waals surface area contributed by atoms with Crippen molar-refractivity contribution in [1.82, 2.24) is 10.4 Å². The van der Waals surface area contributed by atoms with Crippen molar-refractivity contribution in [2.75, 3.05) is 20.7 Å². The molecule has 0 heterocycles. The smallest absolute Gasteiger partial charge is 0.248 e. The molecule has 0 spiro atoms. The fraction of sp³-hybridized carbons (Fsp3) is 0.933. The highest BCUT2D eigenvalue weighted by atomic mass is 16.7. The first-order chi connectivity index (χ1) is 8.88. The molecule has 0 aromatic rings. The topological polar surface area (TPSA) is 41.6 Å². The molecule has 2 fully saturated rings. The van der Waals surface area contributed by atoms with E-state index in [1.807, 2.05) is 0 Å². The second kappa shape index (κ2) is 5.80.